The highest BCUT2D eigenvalue weighted by atomic mass is 19.3. The number of aliphatic imine (C=N–C) groups is 1. The lowest BCUT2D eigenvalue weighted by Crippen LogP contribution is -2.60. The van der Waals surface area contributed by atoms with Gasteiger partial charge in [-0.2, -0.15) is 0 Å². The van der Waals surface area contributed by atoms with E-state index in [1.54, 1.807) is 18.1 Å². The minimum Gasteiger partial charge on any atom is -0.363 e. The van der Waals surface area contributed by atoms with Gasteiger partial charge in [-0.1, -0.05) is 12.1 Å². The summed E-state index contributed by atoms with van der Waals surface area (Å²) in [5, 5.41) is 8.23. The smallest absolute Gasteiger partial charge is 0.271 e. The Morgan fingerprint density at radius 3 is 2.49 bits per heavy atom. The Morgan fingerprint density at radius 1 is 1.00 bits per heavy atom. The second kappa shape index (κ2) is 13.2. The van der Waals surface area contributed by atoms with Gasteiger partial charge in [0.05, 0.1) is 18.8 Å². The van der Waals surface area contributed by atoms with E-state index < -0.39 is 29.7 Å². The van der Waals surface area contributed by atoms with Crippen molar-refractivity contribution in [2.24, 2.45) is 16.3 Å². The van der Waals surface area contributed by atoms with Gasteiger partial charge < -0.3 is 20.4 Å². The molecule has 8 rings (SSSR count). The summed E-state index contributed by atoms with van der Waals surface area (Å²) in [5.41, 5.74) is 6.91. The molecule has 0 radical (unpaired) electrons. The van der Waals surface area contributed by atoms with Gasteiger partial charge in [0.25, 0.3) is 17.8 Å². The Morgan fingerprint density at radius 2 is 1.78 bits per heavy atom. The molecule has 6 aliphatic heterocycles. The molecule has 7 aliphatic rings. The van der Waals surface area contributed by atoms with Gasteiger partial charge in [0.2, 0.25) is 0 Å². The van der Waals surface area contributed by atoms with Gasteiger partial charge in [-0.05, 0) is 102 Å². The third kappa shape index (κ3) is 6.39. The molecule has 1 aliphatic carbocycles. The standard InChI is InChI=1S/C37H51F4N9O/c1-42-29-19-32(45-50-31(20-43-33(29)50)34(51)44-27-6-4-7-27)49-15-10-28-25(5-3-8-30(28)49)21-47-14-9-26(36(38,39)23-47)22-48-18-13-35(37(40,41)24-48)11-16-46(2)17-12-35/h3,5,8,19-20,26-27,33,43,45H,4,6-7,9-18,21-24H2,1-2H3,(H,44,51). The molecule has 6 heterocycles. The quantitative estimate of drug-likeness (QED) is 0.370. The van der Waals surface area contributed by atoms with Gasteiger partial charge in [0.15, 0.2) is 6.17 Å². The lowest BCUT2D eigenvalue weighted by atomic mass is 9.68. The van der Waals surface area contributed by atoms with E-state index in [1.807, 2.05) is 35.2 Å². The predicted molar refractivity (Wildman–Crippen MR) is 188 cm³/mol. The average Bonchev–Trinajstić information content (AvgIpc) is 3.71. The van der Waals surface area contributed by atoms with Crippen molar-refractivity contribution in [2.75, 3.05) is 71.4 Å². The van der Waals surface area contributed by atoms with Crippen molar-refractivity contribution < 1.29 is 22.4 Å². The Hall–Kier alpha value is -3.36. The van der Waals surface area contributed by atoms with Crippen molar-refractivity contribution >= 4 is 17.3 Å². The van der Waals surface area contributed by atoms with Crippen LogP contribution in [0.4, 0.5) is 23.2 Å². The van der Waals surface area contributed by atoms with Crippen LogP contribution in [0.25, 0.3) is 0 Å². The summed E-state index contributed by atoms with van der Waals surface area (Å²) < 4.78 is 62.6. The molecule has 3 N–H and O–H groups in total. The molecule has 1 saturated carbocycles. The van der Waals surface area contributed by atoms with Gasteiger partial charge in [-0.3, -0.25) is 30.0 Å². The van der Waals surface area contributed by atoms with Crippen molar-refractivity contribution in [1.82, 2.24) is 35.8 Å². The number of hydrazine groups is 1. The molecular weight excluding hydrogens is 662 g/mol. The van der Waals surface area contributed by atoms with Crippen LogP contribution in [0.15, 0.2) is 47.0 Å². The molecule has 10 nitrogen and oxygen atoms in total. The van der Waals surface area contributed by atoms with Crippen LogP contribution in [-0.4, -0.2) is 122 Å². The second-order valence-electron chi connectivity index (χ2n) is 15.9. The molecule has 51 heavy (non-hydrogen) atoms. The lowest BCUT2D eigenvalue weighted by molar-refractivity contribution is -0.194. The minimum absolute atomic E-state index is 0.0137. The fraction of sp³-hybridized carbons (Fsp3) is 0.676. The lowest BCUT2D eigenvalue weighted by Gasteiger charge is -2.51. The Balaban J connectivity index is 0.907. The summed E-state index contributed by atoms with van der Waals surface area (Å²) >= 11 is 0. The zero-order valence-corrected chi connectivity index (χ0v) is 29.7. The number of carbonyl (C=O) groups is 1. The molecule has 2 unspecified atom stereocenters. The number of piperidine rings is 3. The zero-order valence-electron chi connectivity index (χ0n) is 29.7. The van der Waals surface area contributed by atoms with Crippen LogP contribution in [0.3, 0.4) is 0 Å². The molecule has 1 amide bonds. The first-order chi connectivity index (χ1) is 24.4. The Labute approximate surface area is 297 Å². The number of anilines is 1. The van der Waals surface area contributed by atoms with E-state index in [4.69, 9.17) is 0 Å². The fourth-order valence-electron chi connectivity index (χ4n) is 9.24. The van der Waals surface area contributed by atoms with E-state index in [-0.39, 0.29) is 37.6 Å². The minimum atomic E-state index is -2.97. The molecular formula is C37H51F4N9O. The van der Waals surface area contributed by atoms with Crippen LogP contribution in [0.5, 0.6) is 0 Å². The SMILES string of the molecule is CN=C1C=C(N2CCc3c(CN4CCC(CN5CCC6(CCN(C)CC6)C(F)(F)C5)C(F)(F)C4)cccc32)NN2C(C(=O)NC3CCC3)=CNC12. The number of benzene rings is 1. The van der Waals surface area contributed by atoms with Gasteiger partial charge in [-0.25, -0.2) is 17.6 Å². The molecule has 4 fully saturated rings. The second-order valence-corrected chi connectivity index (χ2v) is 15.9. The third-order valence-corrected chi connectivity index (χ3v) is 12.8. The number of nitrogens with one attached hydrogen (secondary N) is 3. The first-order valence-corrected chi connectivity index (χ1v) is 18.7. The highest BCUT2D eigenvalue weighted by Crippen LogP contribution is 2.51. The highest BCUT2D eigenvalue weighted by molar-refractivity contribution is 6.03. The summed E-state index contributed by atoms with van der Waals surface area (Å²) in [5.74, 6) is -6.10. The van der Waals surface area contributed by atoms with Crippen molar-refractivity contribution in [2.45, 2.75) is 82.0 Å². The molecule has 14 heteroatoms. The number of fused-ring (bicyclic) bond motifs is 2. The molecule has 3 saturated heterocycles. The van der Waals surface area contributed by atoms with Gasteiger partial charge in [0.1, 0.15) is 11.5 Å². The van der Waals surface area contributed by atoms with Gasteiger partial charge in [-0.15, -0.1) is 0 Å². The molecule has 1 spiro atoms. The first kappa shape index (κ1) is 34.7. The highest BCUT2D eigenvalue weighted by Gasteiger charge is 2.57. The third-order valence-electron chi connectivity index (χ3n) is 12.8. The monoisotopic (exact) mass is 713 g/mol. The number of amides is 1. The van der Waals surface area contributed by atoms with E-state index in [9.17, 15) is 4.79 Å². The topological polar surface area (TPSA) is 81.7 Å². The number of rotatable bonds is 7. The first-order valence-electron chi connectivity index (χ1n) is 18.7. The largest absolute Gasteiger partial charge is 0.363 e. The maximum atomic E-state index is 15.8. The number of halogens is 4. The van der Waals surface area contributed by atoms with Gasteiger partial charge >= 0.3 is 0 Å². The molecule has 0 aromatic heterocycles. The number of nitrogens with zero attached hydrogens (tertiary/aromatic N) is 6. The maximum Gasteiger partial charge on any atom is 0.271 e. The summed E-state index contributed by atoms with van der Waals surface area (Å²) in [6, 6.07) is 6.26. The number of likely N-dealkylation sites (tertiary alicyclic amines) is 3. The molecule has 0 bridgehead atoms. The summed E-state index contributed by atoms with van der Waals surface area (Å²) in [6.45, 7) is 2.59. The average molecular weight is 714 g/mol. The van der Waals surface area contributed by atoms with Crippen LogP contribution in [0.1, 0.15) is 56.1 Å². The van der Waals surface area contributed by atoms with Gasteiger partial charge in [0, 0.05) is 62.0 Å². The molecule has 1 aromatic carbocycles. The number of carbonyl (C=O) groups excluding carboxylic acids is 1. The Kier molecular flexibility index (Phi) is 9.02. The van der Waals surface area contributed by atoms with Crippen molar-refractivity contribution in [3.63, 3.8) is 0 Å². The fourth-order valence-corrected chi connectivity index (χ4v) is 9.24. The number of alkyl halides is 4. The van der Waals surface area contributed by atoms with E-state index in [2.05, 4.69) is 36.9 Å². The van der Waals surface area contributed by atoms with E-state index in [1.165, 1.54) is 0 Å². The van der Waals surface area contributed by atoms with Crippen LogP contribution in [0.2, 0.25) is 0 Å². The van der Waals surface area contributed by atoms with Crippen LogP contribution >= 0.6 is 0 Å². The van der Waals surface area contributed by atoms with Crippen molar-refractivity contribution in [3.05, 3.63) is 53.1 Å². The predicted octanol–water partition coefficient (Wildman–Crippen LogP) is 3.73. The maximum absolute atomic E-state index is 15.8. The van der Waals surface area contributed by atoms with Crippen LogP contribution in [-0.2, 0) is 17.8 Å². The van der Waals surface area contributed by atoms with Crippen LogP contribution < -0.4 is 21.0 Å². The summed E-state index contributed by atoms with van der Waals surface area (Å²) in [6.07, 6.45) is 8.88. The summed E-state index contributed by atoms with van der Waals surface area (Å²) in [4.78, 5) is 25.4. The van der Waals surface area contributed by atoms with E-state index in [0.29, 0.717) is 64.2 Å². The normalized spacial score (nSPS) is 29.9. The molecule has 2 atom stereocenters. The molecule has 1 aromatic rings. The van der Waals surface area contributed by atoms with Crippen molar-refractivity contribution in [1.29, 1.82) is 0 Å². The summed E-state index contributed by atoms with van der Waals surface area (Å²) in [7, 11) is 3.70. The van der Waals surface area contributed by atoms with Crippen LogP contribution in [0, 0.1) is 11.3 Å². The Bertz CT molecular complexity index is 1600. The van der Waals surface area contributed by atoms with E-state index >= 15 is 17.6 Å². The van der Waals surface area contributed by atoms with Crippen molar-refractivity contribution in [3.8, 4) is 0 Å². The van der Waals surface area contributed by atoms with E-state index in [0.717, 1.165) is 54.0 Å². The number of hydrogen-bond acceptors (Lipinski definition) is 9. The zero-order chi connectivity index (χ0) is 35.5. The number of hydrogen-bond donors (Lipinski definition) is 3. The molecule has 278 valence electrons.